The number of pyridine rings is 1. The lowest BCUT2D eigenvalue weighted by molar-refractivity contribution is -0.144. The maximum atomic E-state index is 13.5. The fourth-order valence-electron chi connectivity index (χ4n) is 5.37. The molecular formula is C32H33ClN4O4. The monoisotopic (exact) mass is 572 g/mol. The Balaban J connectivity index is 1.34. The minimum Gasteiger partial charge on any atom is -0.489 e. The number of rotatable bonds is 9. The summed E-state index contributed by atoms with van der Waals surface area (Å²) in [6.45, 7) is 4.56. The van der Waals surface area contributed by atoms with Crippen LogP contribution in [0.3, 0.4) is 0 Å². The molecule has 4 N–H and O–H groups in total. The van der Waals surface area contributed by atoms with Crippen molar-refractivity contribution in [1.29, 1.82) is 0 Å². The molecule has 0 spiro atoms. The average molecular weight is 573 g/mol. The predicted octanol–water partition coefficient (Wildman–Crippen LogP) is 5.44. The lowest BCUT2D eigenvalue weighted by Gasteiger charge is -2.30. The Kier molecular flexibility index (Phi) is 8.26. The van der Waals surface area contributed by atoms with Crippen molar-refractivity contribution in [1.82, 2.24) is 15.4 Å². The van der Waals surface area contributed by atoms with Gasteiger partial charge in [-0.25, -0.2) is 10.5 Å². The number of halogens is 1. The number of likely N-dealkylation sites (tertiary alicyclic amines) is 1. The van der Waals surface area contributed by atoms with Crippen molar-refractivity contribution in [2.24, 2.45) is 11.7 Å². The normalized spacial score (nSPS) is 17.7. The molecule has 1 aromatic heterocycles. The third-order valence-corrected chi connectivity index (χ3v) is 7.83. The van der Waals surface area contributed by atoms with Crippen molar-refractivity contribution < 1.29 is 19.5 Å². The molecule has 2 heterocycles. The van der Waals surface area contributed by atoms with Gasteiger partial charge < -0.3 is 15.4 Å². The number of aromatic nitrogens is 1. The maximum Gasteiger partial charge on any atom is 0.266 e. The average Bonchev–Trinajstić information content (AvgIpc) is 3.29. The summed E-state index contributed by atoms with van der Waals surface area (Å²) in [6.07, 6.45) is 0.778. The molecule has 0 saturated carbocycles. The summed E-state index contributed by atoms with van der Waals surface area (Å²) < 4.78 is 6.17. The molecule has 41 heavy (non-hydrogen) atoms. The number of nitrogens with two attached hydrogens (primary N) is 1. The van der Waals surface area contributed by atoms with Crippen molar-refractivity contribution in [3.05, 3.63) is 95.0 Å². The second-order valence-electron chi connectivity index (χ2n) is 10.8. The topological polar surface area (TPSA) is 118 Å². The molecule has 1 saturated heterocycles. The number of hydrogen-bond acceptors (Lipinski definition) is 6. The van der Waals surface area contributed by atoms with Crippen LogP contribution >= 0.6 is 11.6 Å². The Labute approximate surface area is 244 Å². The van der Waals surface area contributed by atoms with Crippen LogP contribution in [-0.4, -0.2) is 39.5 Å². The van der Waals surface area contributed by atoms with Gasteiger partial charge in [-0.1, -0.05) is 67.9 Å². The van der Waals surface area contributed by atoms with Gasteiger partial charge in [-0.15, -0.1) is 0 Å². The standard InChI is InChI=1S/C32H33ClN4O4/c1-20(2)17-29(30(38)36-40)37-16-15-32(34,31(37)39)23-9-13-25(14-10-23)41-19-22-18-28(21-7-11-24(33)12-8-21)35-27-6-4-3-5-26(22)27/h3-14,18,20,29,40H,15-17,19,34H2,1-2H3,(H,36,38)/t29-,32-/m1/s1. The molecule has 0 aliphatic carbocycles. The molecule has 212 valence electrons. The molecule has 8 nitrogen and oxygen atoms in total. The molecule has 2 atom stereocenters. The van der Waals surface area contributed by atoms with E-state index in [0.29, 0.717) is 42.3 Å². The predicted molar refractivity (Wildman–Crippen MR) is 158 cm³/mol. The van der Waals surface area contributed by atoms with Crippen molar-refractivity contribution in [3.63, 3.8) is 0 Å². The zero-order valence-electron chi connectivity index (χ0n) is 23.0. The van der Waals surface area contributed by atoms with Gasteiger partial charge in [0, 0.05) is 28.1 Å². The quantitative estimate of drug-likeness (QED) is 0.182. The molecule has 1 fully saturated rings. The summed E-state index contributed by atoms with van der Waals surface area (Å²) in [5, 5.41) is 10.9. The fraction of sp³-hybridized carbons (Fsp3) is 0.281. The Morgan fingerprint density at radius 3 is 2.51 bits per heavy atom. The Morgan fingerprint density at radius 2 is 1.83 bits per heavy atom. The molecule has 0 unspecified atom stereocenters. The minimum absolute atomic E-state index is 0.147. The number of ether oxygens (including phenoxy) is 1. The highest BCUT2D eigenvalue weighted by molar-refractivity contribution is 6.30. The summed E-state index contributed by atoms with van der Waals surface area (Å²) in [5.41, 5.74) is 11.4. The molecule has 4 aromatic rings. The first-order chi connectivity index (χ1) is 19.7. The van der Waals surface area contributed by atoms with E-state index in [1.807, 2.05) is 68.4 Å². The summed E-state index contributed by atoms with van der Waals surface area (Å²) in [6, 6.07) is 23.9. The number of hydrogen-bond donors (Lipinski definition) is 3. The van der Waals surface area contributed by atoms with Crippen molar-refractivity contribution in [3.8, 4) is 17.0 Å². The molecule has 1 aliphatic heterocycles. The van der Waals surface area contributed by atoms with E-state index >= 15 is 0 Å². The first-order valence-electron chi connectivity index (χ1n) is 13.6. The Bertz CT molecular complexity index is 1560. The van der Waals surface area contributed by atoms with Crippen LogP contribution in [0.15, 0.2) is 78.9 Å². The number of amides is 2. The lowest BCUT2D eigenvalue weighted by atomic mass is 9.89. The van der Waals surface area contributed by atoms with Gasteiger partial charge in [0.15, 0.2) is 0 Å². The van der Waals surface area contributed by atoms with Crippen LogP contribution < -0.4 is 16.0 Å². The van der Waals surface area contributed by atoms with E-state index in [9.17, 15) is 14.8 Å². The highest BCUT2D eigenvalue weighted by Gasteiger charge is 2.48. The van der Waals surface area contributed by atoms with Crippen LogP contribution in [-0.2, 0) is 21.7 Å². The number of fused-ring (bicyclic) bond motifs is 1. The van der Waals surface area contributed by atoms with Gasteiger partial charge in [0.25, 0.3) is 5.91 Å². The summed E-state index contributed by atoms with van der Waals surface area (Å²) in [7, 11) is 0. The zero-order chi connectivity index (χ0) is 29.1. The summed E-state index contributed by atoms with van der Waals surface area (Å²) >= 11 is 6.08. The Morgan fingerprint density at radius 1 is 1.12 bits per heavy atom. The van der Waals surface area contributed by atoms with Gasteiger partial charge in [0.05, 0.1) is 11.2 Å². The van der Waals surface area contributed by atoms with Gasteiger partial charge in [-0.3, -0.25) is 14.8 Å². The molecule has 1 aliphatic rings. The molecule has 0 radical (unpaired) electrons. The van der Waals surface area contributed by atoms with E-state index in [0.717, 1.165) is 27.7 Å². The number of carbonyl (C=O) groups excluding carboxylic acids is 2. The van der Waals surface area contributed by atoms with E-state index < -0.39 is 17.5 Å². The Hall–Kier alpha value is -3.98. The van der Waals surface area contributed by atoms with E-state index in [-0.39, 0.29) is 11.8 Å². The highest BCUT2D eigenvalue weighted by atomic mass is 35.5. The third-order valence-electron chi connectivity index (χ3n) is 7.58. The van der Waals surface area contributed by atoms with Crippen LogP contribution in [0.5, 0.6) is 5.75 Å². The molecule has 9 heteroatoms. The molecule has 2 amide bonds. The maximum absolute atomic E-state index is 13.5. The van der Waals surface area contributed by atoms with Gasteiger partial charge in [0.2, 0.25) is 5.91 Å². The number of nitrogens with zero attached hydrogens (tertiary/aromatic N) is 2. The molecular weight excluding hydrogens is 540 g/mol. The van der Waals surface area contributed by atoms with E-state index in [1.54, 1.807) is 29.7 Å². The van der Waals surface area contributed by atoms with E-state index in [1.165, 1.54) is 4.90 Å². The second kappa shape index (κ2) is 11.9. The zero-order valence-corrected chi connectivity index (χ0v) is 23.8. The third kappa shape index (κ3) is 5.91. The van der Waals surface area contributed by atoms with Crippen molar-refractivity contribution in [2.45, 2.75) is 44.9 Å². The van der Waals surface area contributed by atoms with E-state index in [4.69, 9.17) is 27.1 Å². The lowest BCUT2D eigenvalue weighted by Crippen LogP contribution is -2.52. The van der Waals surface area contributed by atoms with Gasteiger partial charge in [-0.05, 0) is 60.7 Å². The van der Waals surface area contributed by atoms with E-state index in [2.05, 4.69) is 0 Å². The molecule has 3 aromatic carbocycles. The van der Waals surface area contributed by atoms with Gasteiger partial charge in [0.1, 0.15) is 23.9 Å². The summed E-state index contributed by atoms with van der Waals surface area (Å²) in [5.74, 6) is -0.165. The molecule has 0 bridgehead atoms. The minimum atomic E-state index is -1.27. The second-order valence-corrected chi connectivity index (χ2v) is 11.3. The van der Waals surface area contributed by atoms with Gasteiger partial charge >= 0.3 is 0 Å². The van der Waals surface area contributed by atoms with Gasteiger partial charge in [-0.2, -0.15) is 0 Å². The van der Waals surface area contributed by atoms with Crippen molar-refractivity contribution in [2.75, 3.05) is 6.54 Å². The first-order valence-corrected chi connectivity index (χ1v) is 14.0. The van der Waals surface area contributed by atoms with Crippen LogP contribution in [0.4, 0.5) is 0 Å². The largest absolute Gasteiger partial charge is 0.489 e. The number of hydroxylamine groups is 1. The smallest absolute Gasteiger partial charge is 0.266 e. The molecule has 5 rings (SSSR count). The summed E-state index contributed by atoms with van der Waals surface area (Å²) in [4.78, 5) is 32.1. The number of benzene rings is 3. The van der Waals surface area contributed by atoms with Crippen LogP contribution in [0.1, 0.15) is 37.8 Å². The van der Waals surface area contributed by atoms with Crippen LogP contribution in [0.25, 0.3) is 22.2 Å². The first kappa shape index (κ1) is 28.5. The SMILES string of the molecule is CC(C)C[C@H](C(=O)NO)N1CC[C@@](N)(c2ccc(OCc3cc(-c4ccc(Cl)cc4)nc4ccccc34)cc2)C1=O. The number of carbonyl (C=O) groups is 2. The number of para-hydroxylation sites is 1. The highest BCUT2D eigenvalue weighted by Crippen LogP contribution is 2.34. The van der Waals surface area contributed by atoms with Crippen molar-refractivity contribution >= 4 is 34.3 Å². The van der Waals surface area contributed by atoms with Crippen LogP contribution in [0.2, 0.25) is 5.02 Å². The van der Waals surface area contributed by atoms with Crippen LogP contribution in [0, 0.1) is 5.92 Å². The number of nitrogens with one attached hydrogen (secondary N) is 1. The fourth-order valence-corrected chi connectivity index (χ4v) is 5.49.